The number of pyridine rings is 1. The lowest BCUT2D eigenvalue weighted by Gasteiger charge is -2.04. The molecular weight excluding hydrogens is 325 g/mol. The molecule has 0 saturated heterocycles. The molecule has 2 aromatic heterocycles. The zero-order valence-corrected chi connectivity index (χ0v) is 13.5. The largest absolute Gasteiger partial charge is 0.298 e. The van der Waals surface area contributed by atoms with Crippen LogP contribution in [0.15, 0.2) is 48.5 Å². The van der Waals surface area contributed by atoms with Gasteiger partial charge in [-0.05, 0) is 43.3 Å². The van der Waals surface area contributed by atoms with Crippen molar-refractivity contribution in [3.63, 3.8) is 0 Å². The Bertz CT molecular complexity index is 1090. The zero-order valence-electron chi connectivity index (χ0n) is 12.7. The molecule has 0 atom stereocenters. The Kier molecular flexibility index (Phi) is 3.46. The topological polar surface area (TPSA) is 54.9 Å². The minimum absolute atomic E-state index is 0.274. The first-order valence-corrected chi connectivity index (χ1v) is 8.16. The van der Waals surface area contributed by atoms with Gasteiger partial charge in [-0.25, -0.2) is 9.37 Å². The minimum atomic E-state index is -0.392. The van der Waals surface area contributed by atoms with Crippen LogP contribution in [0, 0.1) is 12.7 Å². The van der Waals surface area contributed by atoms with E-state index in [4.69, 9.17) is 0 Å². The number of aryl methyl sites for hydroxylation is 1. The van der Waals surface area contributed by atoms with E-state index in [-0.39, 0.29) is 11.4 Å². The first-order valence-electron chi connectivity index (χ1n) is 7.34. The molecule has 2 heterocycles. The Hall–Kier alpha value is -2.86. The third-order valence-corrected chi connectivity index (χ3v) is 4.62. The number of carbonyl (C=O) groups excluding carboxylic acids is 1. The summed E-state index contributed by atoms with van der Waals surface area (Å²) in [5.74, 6) is -0.673. The molecular formula is C18H12FN3OS. The van der Waals surface area contributed by atoms with Crippen LogP contribution in [0.3, 0.4) is 0 Å². The van der Waals surface area contributed by atoms with Crippen molar-refractivity contribution in [3.8, 4) is 0 Å². The van der Waals surface area contributed by atoms with Crippen LogP contribution in [0.5, 0.6) is 0 Å². The van der Waals surface area contributed by atoms with Crippen molar-refractivity contribution in [1.82, 2.24) is 9.97 Å². The van der Waals surface area contributed by atoms with Gasteiger partial charge in [0, 0.05) is 16.6 Å². The van der Waals surface area contributed by atoms with E-state index in [0.717, 1.165) is 16.6 Å². The number of hydrogen-bond acceptors (Lipinski definition) is 4. The summed E-state index contributed by atoms with van der Waals surface area (Å²) in [6.45, 7) is 1.92. The molecule has 1 N–H and O–H groups in total. The predicted molar refractivity (Wildman–Crippen MR) is 94.0 cm³/mol. The molecule has 4 nitrogen and oxygen atoms in total. The molecule has 0 fully saturated rings. The standard InChI is InChI=1S/C18H12FN3OS/c1-10-5-6-11-9-12(7-8-14(11)20-10)17(23)22-18-21-16-13(19)3-2-4-15(16)24-18/h2-9H,1H3,(H,21,22,23). The van der Waals surface area contributed by atoms with E-state index in [1.807, 2.05) is 25.1 Å². The van der Waals surface area contributed by atoms with Gasteiger partial charge in [-0.1, -0.05) is 23.5 Å². The Morgan fingerprint density at radius 1 is 1.12 bits per heavy atom. The summed E-state index contributed by atoms with van der Waals surface area (Å²) < 4.78 is 14.4. The van der Waals surface area contributed by atoms with Gasteiger partial charge in [0.2, 0.25) is 0 Å². The number of halogens is 1. The van der Waals surface area contributed by atoms with Crippen molar-refractivity contribution in [2.45, 2.75) is 6.92 Å². The summed E-state index contributed by atoms with van der Waals surface area (Å²) in [4.78, 5) is 21.0. The van der Waals surface area contributed by atoms with E-state index >= 15 is 0 Å². The molecule has 0 aliphatic carbocycles. The van der Waals surface area contributed by atoms with E-state index < -0.39 is 5.82 Å². The molecule has 2 aromatic carbocycles. The molecule has 4 rings (SSSR count). The lowest BCUT2D eigenvalue weighted by Crippen LogP contribution is -2.11. The first-order chi connectivity index (χ1) is 11.6. The fourth-order valence-corrected chi connectivity index (χ4v) is 3.38. The summed E-state index contributed by atoms with van der Waals surface area (Å²) in [5.41, 5.74) is 2.55. The summed E-state index contributed by atoms with van der Waals surface area (Å²) >= 11 is 1.24. The Labute approximate surface area is 141 Å². The van der Waals surface area contributed by atoms with Gasteiger partial charge in [-0.2, -0.15) is 0 Å². The monoisotopic (exact) mass is 337 g/mol. The van der Waals surface area contributed by atoms with Crippen LogP contribution in [-0.4, -0.2) is 15.9 Å². The van der Waals surface area contributed by atoms with Gasteiger partial charge >= 0.3 is 0 Å². The van der Waals surface area contributed by atoms with Gasteiger partial charge in [0.15, 0.2) is 5.13 Å². The van der Waals surface area contributed by atoms with Gasteiger partial charge in [-0.3, -0.25) is 15.1 Å². The number of benzene rings is 2. The van der Waals surface area contributed by atoms with Crippen LogP contribution in [0.1, 0.15) is 16.1 Å². The SMILES string of the molecule is Cc1ccc2cc(C(=O)Nc3nc4c(F)cccc4s3)ccc2n1. The molecule has 118 valence electrons. The summed E-state index contributed by atoms with van der Waals surface area (Å²) in [5, 5.41) is 4.00. The highest BCUT2D eigenvalue weighted by molar-refractivity contribution is 7.22. The van der Waals surface area contributed by atoms with Crippen LogP contribution in [0.4, 0.5) is 9.52 Å². The van der Waals surface area contributed by atoms with Crippen molar-refractivity contribution in [2.75, 3.05) is 5.32 Å². The Morgan fingerprint density at radius 2 is 2.00 bits per heavy atom. The molecule has 0 aliphatic heterocycles. The molecule has 0 bridgehead atoms. The molecule has 0 radical (unpaired) electrons. The number of nitrogens with zero attached hydrogens (tertiary/aromatic N) is 2. The third-order valence-electron chi connectivity index (χ3n) is 3.68. The van der Waals surface area contributed by atoms with E-state index in [1.165, 1.54) is 17.4 Å². The highest BCUT2D eigenvalue weighted by atomic mass is 32.1. The molecule has 6 heteroatoms. The highest BCUT2D eigenvalue weighted by Gasteiger charge is 2.12. The van der Waals surface area contributed by atoms with Gasteiger partial charge in [-0.15, -0.1) is 0 Å². The van der Waals surface area contributed by atoms with Crippen LogP contribution < -0.4 is 5.32 Å². The number of rotatable bonds is 2. The molecule has 0 unspecified atom stereocenters. The number of hydrogen-bond donors (Lipinski definition) is 1. The molecule has 0 aliphatic rings. The maximum atomic E-state index is 13.7. The van der Waals surface area contributed by atoms with Crippen molar-refractivity contribution >= 4 is 43.5 Å². The summed E-state index contributed by atoms with van der Waals surface area (Å²) in [7, 11) is 0. The molecule has 1 amide bonds. The summed E-state index contributed by atoms with van der Waals surface area (Å²) in [6, 6.07) is 13.9. The molecule has 4 aromatic rings. The Balaban J connectivity index is 1.65. The number of anilines is 1. The van der Waals surface area contributed by atoms with E-state index in [2.05, 4.69) is 15.3 Å². The zero-order chi connectivity index (χ0) is 16.7. The number of amides is 1. The number of nitrogens with one attached hydrogen (secondary N) is 1. The lowest BCUT2D eigenvalue weighted by molar-refractivity contribution is 0.102. The molecule has 0 saturated carbocycles. The van der Waals surface area contributed by atoms with Crippen molar-refractivity contribution < 1.29 is 9.18 Å². The number of aromatic nitrogens is 2. The van der Waals surface area contributed by atoms with E-state index in [1.54, 1.807) is 24.3 Å². The summed E-state index contributed by atoms with van der Waals surface area (Å²) in [6.07, 6.45) is 0. The maximum absolute atomic E-state index is 13.7. The van der Waals surface area contributed by atoms with Crippen LogP contribution >= 0.6 is 11.3 Å². The number of fused-ring (bicyclic) bond motifs is 2. The van der Waals surface area contributed by atoms with Crippen LogP contribution in [0.2, 0.25) is 0 Å². The first kappa shape index (κ1) is 14.7. The second kappa shape index (κ2) is 5.65. The normalized spacial score (nSPS) is 11.1. The van der Waals surface area contributed by atoms with Gasteiger partial charge in [0.05, 0.1) is 10.2 Å². The average Bonchev–Trinajstić information content (AvgIpc) is 2.98. The quantitative estimate of drug-likeness (QED) is 0.584. The van der Waals surface area contributed by atoms with Gasteiger partial charge in [0.25, 0.3) is 5.91 Å². The second-order valence-electron chi connectivity index (χ2n) is 5.42. The average molecular weight is 337 g/mol. The van der Waals surface area contributed by atoms with E-state index in [0.29, 0.717) is 15.4 Å². The van der Waals surface area contributed by atoms with E-state index in [9.17, 15) is 9.18 Å². The predicted octanol–water partition coefficient (Wildman–Crippen LogP) is 4.54. The second-order valence-corrected chi connectivity index (χ2v) is 6.45. The smallest absolute Gasteiger partial charge is 0.257 e. The van der Waals surface area contributed by atoms with Crippen LogP contribution in [0.25, 0.3) is 21.1 Å². The van der Waals surface area contributed by atoms with Gasteiger partial charge in [0.1, 0.15) is 11.3 Å². The number of thiazole rings is 1. The molecule has 24 heavy (non-hydrogen) atoms. The number of carbonyl (C=O) groups is 1. The minimum Gasteiger partial charge on any atom is -0.298 e. The van der Waals surface area contributed by atoms with Gasteiger partial charge < -0.3 is 0 Å². The Morgan fingerprint density at radius 3 is 2.83 bits per heavy atom. The lowest BCUT2D eigenvalue weighted by atomic mass is 10.1. The maximum Gasteiger partial charge on any atom is 0.257 e. The van der Waals surface area contributed by atoms with Crippen LogP contribution in [-0.2, 0) is 0 Å². The number of para-hydroxylation sites is 1. The molecule has 0 spiro atoms. The fourth-order valence-electron chi connectivity index (χ4n) is 2.51. The highest BCUT2D eigenvalue weighted by Crippen LogP contribution is 2.28. The fraction of sp³-hybridized carbons (Fsp3) is 0.0556. The van der Waals surface area contributed by atoms with Crippen molar-refractivity contribution in [3.05, 3.63) is 65.6 Å². The van der Waals surface area contributed by atoms with Crippen molar-refractivity contribution in [1.29, 1.82) is 0 Å². The third kappa shape index (κ3) is 2.61. The van der Waals surface area contributed by atoms with Crippen molar-refractivity contribution in [2.24, 2.45) is 0 Å².